The fraction of sp³-hybridized carbons (Fsp3) is 0.600. The number of hydrogen-bond acceptors (Lipinski definition) is 1. The van der Waals surface area contributed by atoms with Crippen molar-refractivity contribution in [3.05, 3.63) is 35.9 Å². The first-order chi connectivity index (χ1) is 7.90. The van der Waals surface area contributed by atoms with Crippen molar-refractivity contribution in [3.63, 3.8) is 0 Å². The van der Waals surface area contributed by atoms with Crippen molar-refractivity contribution in [2.24, 2.45) is 5.92 Å². The normalized spacial score (nSPS) is 17.3. The zero-order chi connectivity index (χ0) is 11.2. The highest BCUT2D eigenvalue weighted by molar-refractivity contribution is 5.18. The number of rotatable bonds is 7. The Hall–Kier alpha value is -0.820. The molecule has 1 aromatic carbocycles. The molecule has 1 heteroatoms. The second kappa shape index (κ2) is 6.05. The predicted octanol–water partition coefficient (Wildman–Crippen LogP) is 3.92. The lowest BCUT2D eigenvalue weighted by Crippen LogP contribution is -2.22. The summed E-state index contributed by atoms with van der Waals surface area (Å²) >= 11 is 0. The van der Waals surface area contributed by atoms with Gasteiger partial charge in [-0.15, -0.1) is 0 Å². The number of benzene rings is 1. The summed E-state index contributed by atoms with van der Waals surface area (Å²) in [5.41, 5.74) is 1.44. The average Bonchev–Trinajstić information content (AvgIpc) is 3.13. The van der Waals surface area contributed by atoms with Gasteiger partial charge in [0, 0.05) is 6.04 Å². The van der Waals surface area contributed by atoms with Crippen LogP contribution in [-0.2, 0) is 0 Å². The highest BCUT2D eigenvalue weighted by Crippen LogP contribution is 2.32. The van der Waals surface area contributed by atoms with Crippen LogP contribution in [0.4, 0.5) is 0 Å². The molecule has 0 spiro atoms. The molecule has 1 aliphatic rings. The molecule has 1 aromatic rings. The van der Waals surface area contributed by atoms with Crippen molar-refractivity contribution >= 4 is 0 Å². The molecule has 1 atom stereocenters. The lowest BCUT2D eigenvalue weighted by atomic mass is 10.0. The van der Waals surface area contributed by atoms with E-state index in [1.165, 1.54) is 44.2 Å². The largest absolute Gasteiger partial charge is 0.310 e. The monoisotopic (exact) mass is 217 g/mol. The van der Waals surface area contributed by atoms with Gasteiger partial charge < -0.3 is 5.32 Å². The molecule has 0 aliphatic heterocycles. The zero-order valence-electron chi connectivity index (χ0n) is 10.3. The van der Waals surface area contributed by atoms with Crippen LogP contribution >= 0.6 is 0 Å². The van der Waals surface area contributed by atoms with Crippen molar-refractivity contribution in [2.75, 3.05) is 6.54 Å². The summed E-state index contributed by atoms with van der Waals surface area (Å²) in [7, 11) is 0. The fourth-order valence-corrected chi connectivity index (χ4v) is 2.23. The minimum Gasteiger partial charge on any atom is -0.310 e. The van der Waals surface area contributed by atoms with Crippen molar-refractivity contribution in [2.45, 2.75) is 45.1 Å². The Bertz CT molecular complexity index is 290. The van der Waals surface area contributed by atoms with Gasteiger partial charge in [-0.3, -0.25) is 0 Å². The average molecular weight is 217 g/mol. The van der Waals surface area contributed by atoms with Gasteiger partial charge in [0.15, 0.2) is 0 Å². The summed E-state index contributed by atoms with van der Waals surface area (Å²) in [6.07, 6.45) is 6.79. The van der Waals surface area contributed by atoms with Gasteiger partial charge in [0.25, 0.3) is 0 Å². The van der Waals surface area contributed by atoms with Gasteiger partial charge in [0.1, 0.15) is 0 Å². The highest BCUT2D eigenvalue weighted by atomic mass is 14.9. The molecule has 0 heterocycles. The summed E-state index contributed by atoms with van der Waals surface area (Å²) < 4.78 is 0. The lowest BCUT2D eigenvalue weighted by Gasteiger charge is -2.18. The van der Waals surface area contributed by atoms with Crippen LogP contribution in [0.2, 0.25) is 0 Å². The SMILES string of the molecule is CCCC(NCCC1CC1)c1ccccc1. The molecule has 1 saturated carbocycles. The number of nitrogens with one attached hydrogen (secondary N) is 1. The molecule has 1 nitrogen and oxygen atoms in total. The van der Waals surface area contributed by atoms with Crippen molar-refractivity contribution in [3.8, 4) is 0 Å². The third-order valence-electron chi connectivity index (χ3n) is 3.42. The summed E-state index contributed by atoms with van der Waals surface area (Å²) in [5.74, 6) is 1.03. The maximum atomic E-state index is 3.71. The van der Waals surface area contributed by atoms with E-state index in [-0.39, 0.29) is 0 Å². The Balaban J connectivity index is 1.83. The van der Waals surface area contributed by atoms with Crippen molar-refractivity contribution in [1.82, 2.24) is 5.32 Å². The first-order valence-electron chi connectivity index (χ1n) is 6.68. The maximum Gasteiger partial charge on any atom is 0.0320 e. The van der Waals surface area contributed by atoms with Crippen molar-refractivity contribution < 1.29 is 0 Å². The van der Waals surface area contributed by atoms with E-state index in [0.29, 0.717) is 6.04 Å². The van der Waals surface area contributed by atoms with E-state index in [2.05, 4.69) is 42.6 Å². The molecule has 0 aromatic heterocycles. The number of hydrogen-bond donors (Lipinski definition) is 1. The van der Waals surface area contributed by atoms with E-state index < -0.39 is 0 Å². The van der Waals surface area contributed by atoms with Crippen molar-refractivity contribution in [1.29, 1.82) is 0 Å². The van der Waals surface area contributed by atoms with E-state index in [0.717, 1.165) is 5.92 Å². The van der Waals surface area contributed by atoms with Crippen LogP contribution < -0.4 is 5.32 Å². The summed E-state index contributed by atoms with van der Waals surface area (Å²) in [6, 6.07) is 11.4. The Labute approximate surface area is 99.3 Å². The van der Waals surface area contributed by atoms with Gasteiger partial charge in [-0.25, -0.2) is 0 Å². The van der Waals surface area contributed by atoms with Gasteiger partial charge in [0.2, 0.25) is 0 Å². The molecule has 0 saturated heterocycles. The van der Waals surface area contributed by atoms with Gasteiger partial charge in [-0.2, -0.15) is 0 Å². The van der Waals surface area contributed by atoms with Crippen LogP contribution in [0.15, 0.2) is 30.3 Å². The third-order valence-corrected chi connectivity index (χ3v) is 3.42. The smallest absolute Gasteiger partial charge is 0.0320 e. The van der Waals surface area contributed by atoms with E-state index in [1.54, 1.807) is 0 Å². The third kappa shape index (κ3) is 3.64. The molecule has 1 fully saturated rings. The molecule has 1 N–H and O–H groups in total. The molecule has 0 radical (unpaired) electrons. The van der Waals surface area contributed by atoms with Gasteiger partial charge in [0.05, 0.1) is 0 Å². The maximum absolute atomic E-state index is 3.71. The molecule has 88 valence electrons. The van der Waals surface area contributed by atoms with Crippen LogP contribution in [0.25, 0.3) is 0 Å². The van der Waals surface area contributed by atoms with Gasteiger partial charge in [-0.05, 0) is 30.9 Å². The van der Waals surface area contributed by atoms with Crippen LogP contribution in [0, 0.1) is 5.92 Å². The van der Waals surface area contributed by atoms with E-state index in [9.17, 15) is 0 Å². The molecule has 2 rings (SSSR count). The minimum absolute atomic E-state index is 0.560. The fourth-order valence-electron chi connectivity index (χ4n) is 2.23. The first-order valence-corrected chi connectivity index (χ1v) is 6.68. The molecule has 16 heavy (non-hydrogen) atoms. The minimum atomic E-state index is 0.560. The highest BCUT2D eigenvalue weighted by Gasteiger charge is 2.20. The van der Waals surface area contributed by atoms with E-state index >= 15 is 0 Å². The zero-order valence-corrected chi connectivity index (χ0v) is 10.3. The molecular formula is C15H23N. The van der Waals surface area contributed by atoms with Crippen LogP contribution in [0.1, 0.15) is 50.6 Å². The summed E-state index contributed by atoms with van der Waals surface area (Å²) in [4.78, 5) is 0. The van der Waals surface area contributed by atoms with Crippen LogP contribution in [0.3, 0.4) is 0 Å². The Kier molecular flexibility index (Phi) is 4.41. The second-order valence-electron chi connectivity index (χ2n) is 4.94. The molecular weight excluding hydrogens is 194 g/mol. The Morgan fingerprint density at radius 3 is 2.62 bits per heavy atom. The van der Waals surface area contributed by atoms with E-state index in [4.69, 9.17) is 0 Å². The lowest BCUT2D eigenvalue weighted by molar-refractivity contribution is 0.478. The van der Waals surface area contributed by atoms with Gasteiger partial charge in [-0.1, -0.05) is 56.5 Å². The molecule has 1 aliphatic carbocycles. The molecule has 0 bridgehead atoms. The van der Waals surface area contributed by atoms with Crippen LogP contribution in [-0.4, -0.2) is 6.54 Å². The summed E-state index contributed by atoms with van der Waals surface area (Å²) in [5, 5.41) is 3.71. The first kappa shape index (κ1) is 11.7. The predicted molar refractivity (Wildman–Crippen MR) is 69.4 cm³/mol. The second-order valence-corrected chi connectivity index (χ2v) is 4.94. The molecule has 0 amide bonds. The summed E-state index contributed by atoms with van der Waals surface area (Å²) in [6.45, 7) is 3.45. The quantitative estimate of drug-likeness (QED) is 0.730. The topological polar surface area (TPSA) is 12.0 Å². The standard InChI is InChI=1S/C15H23N/c1-2-6-15(14-7-4-3-5-8-14)16-12-11-13-9-10-13/h3-5,7-8,13,15-16H,2,6,9-12H2,1H3. The Morgan fingerprint density at radius 1 is 1.25 bits per heavy atom. The van der Waals surface area contributed by atoms with Gasteiger partial charge >= 0.3 is 0 Å². The van der Waals surface area contributed by atoms with Crippen LogP contribution in [0.5, 0.6) is 0 Å². The Morgan fingerprint density at radius 2 is 2.00 bits per heavy atom. The van der Waals surface area contributed by atoms with E-state index in [1.807, 2.05) is 0 Å². The molecule has 1 unspecified atom stereocenters.